The Labute approximate surface area is 69.4 Å². The van der Waals surface area contributed by atoms with Crippen molar-refractivity contribution in [2.24, 2.45) is 5.92 Å². The first-order valence-corrected chi connectivity index (χ1v) is 4.03. The molecule has 0 heterocycles. The lowest BCUT2D eigenvalue weighted by atomic mass is 10.1. The van der Waals surface area contributed by atoms with Gasteiger partial charge in [-0.15, -0.1) is 0 Å². The lowest BCUT2D eigenvalue weighted by Gasteiger charge is -2.07. The van der Waals surface area contributed by atoms with Crippen LogP contribution < -0.4 is 0 Å². The van der Waals surface area contributed by atoms with Gasteiger partial charge in [-0.3, -0.25) is 0 Å². The Bertz CT molecular complexity index is 150. The summed E-state index contributed by atoms with van der Waals surface area (Å²) in [7, 11) is 0. The van der Waals surface area contributed by atoms with Crippen molar-refractivity contribution in [3.63, 3.8) is 0 Å². The molecule has 64 valence electrons. The largest absolute Gasteiger partial charge is 0.389 e. The summed E-state index contributed by atoms with van der Waals surface area (Å²) in [6, 6.07) is 0. The molecule has 0 fully saturated rings. The molecule has 0 saturated carbocycles. The maximum Gasteiger partial charge on any atom is 0.0746 e. The van der Waals surface area contributed by atoms with E-state index >= 15 is 0 Å². The van der Waals surface area contributed by atoms with Crippen molar-refractivity contribution < 1.29 is 5.11 Å². The Hall–Kier alpha value is -0.560. The van der Waals surface area contributed by atoms with Crippen LogP contribution in [0, 0.1) is 5.92 Å². The fraction of sp³-hybridized carbons (Fsp3) is 0.600. The van der Waals surface area contributed by atoms with E-state index in [9.17, 15) is 5.11 Å². The van der Waals surface area contributed by atoms with Crippen molar-refractivity contribution >= 4 is 0 Å². The van der Waals surface area contributed by atoms with Crippen LogP contribution in [0.3, 0.4) is 0 Å². The molecule has 1 unspecified atom stereocenters. The van der Waals surface area contributed by atoms with Crippen molar-refractivity contribution in [1.82, 2.24) is 0 Å². The van der Waals surface area contributed by atoms with Crippen LogP contribution in [-0.4, -0.2) is 11.2 Å². The van der Waals surface area contributed by atoms with E-state index in [1.165, 1.54) is 5.57 Å². The highest BCUT2D eigenvalue weighted by Crippen LogP contribution is 2.02. The molecule has 1 heteroatoms. The number of hydrogen-bond acceptors (Lipinski definition) is 1. The van der Waals surface area contributed by atoms with Crippen LogP contribution in [0.2, 0.25) is 0 Å². The third kappa shape index (κ3) is 5.86. The van der Waals surface area contributed by atoms with Crippen LogP contribution in [0.4, 0.5) is 0 Å². The van der Waals surface area contributed by atoms with Crippen LogP contribution in [0.25, 0.3) is 0 Å². The Morgan fingerprint density at radius 1 is 1.27 bits per heavy atom. The molecule has 0 aliphatic carbocycles. The molecule has 1 atom stereocenters. The highest BCUT2D eigenvalue weighted by Gasteiger charge is 2.02. The average Bonchev–Trinajstić information content (AvgIpc) is 1.86. The SMILES string of the molecule is CC(C)=CC=CC(O)C(C)C. The van der Waals surface area contributed by atoms with Gasteiger partial charge in [0, 0.05) is 0 Å². The van der Waals surface area contributed by atoms with Gasteiger partial charge in [0.2, 0.25) is 0 Å². The zero-order chi connectivity index (χ0) is 8.85. The van der Waals surface area contributed by atoms with E-state index in [2.05, 4.69) is 0 Å². The molecule has 0 radical (unpaired) electrons. The van der Waals surface area contributed by atoms with Crippen LogP contribution in [0.15, 0.2) is 23.8 Å². The number of rotatable bonds is 3. The smallest absolute Gasteiger partial charge is 0.0746 e. The van der Waals surface area contributed by atoms with Gasteiger partial charge in [-0.05, 0) is 19.8 Å². The van der Waals surface area contributed by atoms with Gasteiger partial charge in [-0.2, -0.15) is 0 Å². The topological polar surface area (TPSA) is 20.2 Å². The Morgan fingerprint density at radius 2 is 1.82 bits per heavy atom. The molecule has 0 rings (SSSR count). The van der Waals surface area contributed by atoms with E-state index in [1.54, 1.807) is 0 Å². The Morgan fingerprint density at radius 3 is 2.18 bits per heavy atom. The summed E-state index contributed by atoms with van der Waals surface area (Å²) < 4.78 is 0. The van der Waals surface area contributed by atoms with E-state index in [0.717, 1.165) is 0 Å². The summed E-state index contributed by atoms with van der Waals surface area (Å²) in [5.41, 5.74) is 1.25. The molecule has 0 aliphatic heterocycles. The van der Waals surface area contributed by atoms with Crippen LogP contribution >= 0.6 is 0 Å². The third-order valence-corrected chi connectivity index (χ3v) is 1.42. The van der Waals surface area contributed by atoms with Gasteiger partial charge in [0.1, 0.15) is 0 Å². The summed E-state index contributed by atoms with van der Waals surface area (Å²) in [6.45, 7) is 8.06. The highest BCUT2D eigenvalue weighted by molar-refractivity contribution is 5.09. The normalized spacial score (nSPS) is 14.0. The molecular formula is C10H18O. The third-order valence-electron chi connectivity index (χ3n) is 1.42. The van der Waals surface area contributed by atoms with Crippen molar-refractivity contribution in [2.45, 2.75) is 33.8 Å². The summed E-state index contributed by atoms with van der Waals surface area (Å²) in [5.74, 6) is 0.303. The molecule has 1 N–H and O–H groups in total. The molecular weight excluding hydrogens is 136 g/mol. The van der Waals surface area contributed by atoms with Crippen molar-refractivity contribution in [3.05, 3.63) is 23.8 Å². The second kappa shape index (κ2) is 5.14. The minimum Gasteiger partial charge on any atom is -0.389 e. The van der Waals surface area contributed by atoms with E-state index < -0.39 is 0 Å². The predicted molar refractivity (Wildman–Crippen MR) is 49.4 cm³/mol. The van der Waals surface area contributed by atoms with Crippen molar-refractivity contribution in [1.29, 1.82) is 0 Å². The maximum atomic E-state index is 9.32. The highest BCUT2D eigenvalue weighted by atomic mass is 16.3. The van der Waals surface area contributed by atoms with Crippen LogP contribution in [0.1, 0.15) is 27.7 Å². The van der Waals surface area contributed by atoms with E-state index in [1.807, 2.05) is 45.9 Å². The van der Waals surface area contributed by atoms with Gasteiger partial charge in [0.15, 0.2) is 0 Å². The van der Waals surface area contributed by atoms with Gasteiger partial charge < -0.3 is 5.11 Å². The predicted octanol–water partition coefficient (Wildman–Crippen LogP) is 2.53. The van der Waals surface area contributed by atoms with Gasteiger partial charge in [0.05, 0.1) is 6.10 Å². The molecule has 0 spiro atoms. The summed E-state index contributed by atoms with van der Waals surface area (Å²) in [6.07, 6.45) is 5.40. The lowest BCUT2D eigenvalue weighted by Crippen LogP contribution is -2.10. The Kier molecular flexibility index (Phi) is 4.88. The summed E-state index contributed by atoms with van der Waals surface area (Å²) in [5, 5.41) is 9.32. The average molecular weight is 154 g/mol. The Balaban J connectivity index is 3.84. The van der Waals surface area contributed by atoms with Gasteiger partial charge >= 0.3 is 0 Å². The molecule has 1 nitrogen and oxygen atoms in total. The molecule has 0 saturated heterocycles. The molecule has 0 amide bonds. The van der Waals surface area contributed by atoms with Crippen molar-refractivity contribution in [2.75, 3.05) is 0 Å². The zero-order valence-electron chi connectivity index (χ0n) is 7.83. The maximum absolute atomic E-state index is 9.32. The van der Waals surface area contributed by atoms with Crippen molar-refractivity contribution in [3.8, 4) is 0 Å². The molecule has 0 bridgehead atoms. The van der Waals surface area contributed by atoms with Gasteiger partial charge in [0.25, 0.3) is 0 Å². The number of hydrogen-bond donors (Lipinski definition) is 1. The van der Waals surface area contributed by atoms with E-state index in [-0.39, 0.29) is 6.10 Å². The second-order valence-corrected chi connectivity index (χ2v) is 3.36. The molecule has 0 aliphatic rings. The van der Waals surface area contributed by atoms with Gasteiger partial charge in [-0.1, -0.05) is 37.6 Å². The summed E-state index contributed by atoms with van der Waals surface area (Å²) >= 11 is 0. The first-order chi connectivity index (χ1) is 5.04. The molecule has 0 aromatic heterocycles. The quantitative estimate of drug-likeness (QED) is 0.619. The second-order valence-electron chi connectivity index (χ2n) is 3.36. The van der Waals surface area contributed by atoms with Crippen LogP contribution in [0.5, 0.6) is 0 Å². The first kappa shape index (κ1) is 10.4. The van der Waals surface area contributed by atoms with E-state index in [4.69, 9.17) is 0 Å². The van der Waals surface area contributed by atoms with Crippen LogP contribution in [-0.2, 0) is 0 Å². The summed E-state index contributed by atoms with van der Waals surface area (Å²) in [4.78, 5) is 0. The number of aliphatic hydroxyl groups excluding tert-OH is 1. The monoisotopic (exact) mass is 154 g/mol. The minimum absolute atomic E-state index is 0.303. The van der Waals surface area contributed by atoms with Gasteiger partial charge in [-0.25, -0.2) is 0 Å². The lowest BCUT2D eigenvalue weighted by molar-refractivity contribution is 0.172. The first-order valence-electron chi connectivity index (χ1n) is 4.03. The molecule has 0 aromatic rings. The number of allylic oxidation sites excluding steroid dienone is 3. The molecule has 11 heavy (non-hydrogen) atoms. The fourth-order valence-electron chi connectivity index (χ4n) is 0.584. The fourth-order valence-corrected chi connectivity index (χ4v) is 0.584. The molecule has 0 aromatic carbocycles. The zero-order valence-corrected chi connectivity index (χ0v) is 7.83. The van der Waals surface area contributed by atoms with E-state index in [0.29, 0.717) is 5.92 Å². The standard InChI is InChI=1S/C10H18O/c1-8(2)6-5-7-10(11)9(3)4/h5-7,9-11H,1-4H3. The number of aliphatic hydroxyl groups is 1. The minimum atomic E-state index is -0.314.